The lowest BCUT2D eigenvalue weighted by Crippen LogP contribution is -2.36. The van der Waals surface area contributed by atoms with E-state index in [1.54, 1.807) is 36.5 Å². The summed E-state index contributed by atoms with van der Waals surface area (Å²) in [7, 11) is 1.84. The van der Waals surface area contributed by atoms with Gasteiger partial charge in [-0.1, -0.05) is 11.5 Å². The number of halogens is 3. The summed E-state index contributed by atoms with van der Waals surface area (Å²) in [5.41, 5.74) is 1.81. The monoisotopic (exact) mass is 521 g/mol. The Morgan fingerprint density at radius 2 is 1.74 bits per heavy atom. The molecule has 12 heteroatoms. The number of fused-ring (bicyclic) bond motifs is 1. The van der Waals surface area contributed by atoms with E-state index in [9.17, 15) is 18.0 Å². The van der Waals surface area contributed by atoms with Gasteiger partial charge in [0, 0.05) is 36.6 Å². The maximum Gasteiger partial charge on any atom is 0.416 e. The second-order valence-electron chi connectivity index (χ2n) is 8.77. The summed E-state index contributed by atoms with van der Waals surface area (Å²) in [6.45, 7) is 2.78. The van der Waals surface area contributed by atoms with Crippen molar-refractivity contribution in [1.29, 1.82) is 0 Å². The van der Waals surface area contributed by atoms with Crippen molar-refractivity contribution in [1.82, 2.24) is 9.97 Å². The molecule has 1 aliphatic heterocycles. The number of carbonyl (C=O) groups is 1. The van der Waals surface area contributed by atoms with Crippen LogP contribution in [0, 0.1) is 0 Å². The van der Waals surface area contributed by atoms with Crippen molar-refractivity contribution in [2.24, 2.45) is 0 Å². The van der Waals surface area contributed by atoms with Gasteiger partial charge >= 0.3 is 12.2 Å². The molecule has 2 heterocycles. The molecule has 0 saturated carbocycles. The van der Waals surface area contributed by atoms with Crippen molar-refractivity contribution in [3.8, 4) is 11.5 Å². The highest BCUT2D eigenvalue weighted by atomic mass is 19.4. The van der Waals surface area contributed by atoms with Crippen LogP contribution in [0.5, 0.6) is 11.5 Å². The molecule has 0 unspecified atom stereocenters. The number of alkyl halides is 3. The minimum atomic E-state index is -4.50. The van der Waals surface area contributed by atoms with Gasteiger partial charge in [-0.05, 0) is 42.5 Å². The van der Waals surface area contributed by atoms with Gasteiger partial charge in [-0.2, -0.15) is 13.2 Å². The number of amides is 2. The van der Waals surface area contributed by atoms with E-state index in [1.165, 1.54) is 12.1 Å². The molecule has 2 N–H and O–H groups in total. The number of carbonyl (C=O) groups excluding carboxylic acids is 1. The average molecular weight is 521 g/mol. The lowest BCUT2D eigenvalue weighted by Gasteiger charge is -2.27. The van der Waals surface area contributed by atoms with Gasteiger partial charge in [-0.15, -0.1) is 0 Å². The Balaban J connectivity index is 1.30. The highest BCUT2D eigenvalue weighted by Gasteiger charge is 2.30. The topological polar surface area (TPSA) is 88.6 Å². The normalized spacial score (nSPS) is 13.8. The van der Waals surface area contributed by atoms with E-state index in [2.05, 4.69) is 20.5 Å². The van der Waals surface area contributed by atoms with Crippen LogP contribution in [-0.2, 0) is 10.9 Å². The number of ether oxygens (including phenoxy) is 2. The Kier molecular flexibility index (Phi) is 7.06. The number of aromatic nitrogens is 2. The van der Waals surface area contributed by atoms with Crippen LogP contribution in [0.3, 0.4) is 0 Å². The van der Waals surface area contributed by atoms with Crippen LogP contribution in [0.15, 0.2) is 66.9 Å². The van der Waals surface area contributed by atoms with Crippen molar-refractivity contribution in [3.05, 3.63) is 72.4 Å². The molecule has 194 valence electrons. The van der Waals surface area contributed by atoms with Gasteiger partial charge < -0.3 is 25.0 Å². The van der Waals surface area contributed by atoms with Crippen LogP contribution in [0.4, 0.5) is 35.2 Å². The van der Waals surface area contributed by atoms with E-state index >= 15 is 0 Å². The quantitative estimate of drug-likeness (QED) is 0.384. The van der Waals surface area contributed by atoms with Gasteiger partial charge in [0.05, 0.1) is 36.0 Å². The van der Waals surface area contributed by atoms with Crippen LogP contribution in [0.1, 0.15) is 5.56 Å². The Bertz CT molecular complexity index is 1480. The molecule has 4 aromatic rings. The van der Waals surface area contributed by atoms with Crippen LogP contribution in [0.2, 0.25) is 0 Å². The number of hydrogen-bond donors (Lipinski definition) is 2. The molecule has 0 aliphatic carbocycles. The molecule has 1 aliphatic rings. The van der Waals surface area contributed by atoms with E-state index in [0.717, 1.165) is 42.0 Å². The summed E-state index contributed by atoms with van der Waals surface area (Å²) in [4.78, 5) is 23.8. The third kappa shape index (κ3) is 6.14. The van der Waals surface area contributed by atoms with Gasteiger partial charge in [0.25, 0.3) is 0 Å². The number of nitrogens with one attached hydrogen (secondary N) is 2. The number of benzene rings is 3. The minimum absolute atomic E-state index is 0.0233. The summed E-state index contributed by atoms with van der Waals surface area (Å²) in [5, 5.41) is 5.07. The van der Waals surface area contributed by atoms with E-state index in [0.29, 0.717) is 35.9 Å². The summed E-state index contributed by atoms with van der Waals surface area (Å²) >= 11 is 0. The standard InChI is InChI=1S/C26H23BF3N5O3/c27-17-11-19(33-25(36)32-18-3-1-2-16(10-18)26(28,29)30)13-21(12-17)38-20-4-5-22-23(14-20)34-24(15-31-22)35-6-8-37-9-7-35/h1-5,10-15H,6-9,27H2,(H2,32,33,36). The molecule has 3 aromatic carbocycles. The predicted molar refractivity (Wildman–Crippen MR) is 141 cm³/mol. The van der Waals surface area contributed by atoms with Crippen molar-refractivity contribution in [2.75, 3.05) is 41.8 Å². The number of nitrogens with zero attached hydrogens (tertiary/aromatic N) is 3. The number of morpholine rings is 1. The summed E-state index contributed by atoms with van der Waals surface area (Å²) < 4.78 is 50.3. The van der Waals surface area contributed by atoms with Gasteiger partial charge in [-0.3, -0.25) is 4.98 Å². The maximum atomic E-state index is 13.0. The van der Waals surface area contributed by atoms with Gasteiger partial charge in [0.1, 0.15) is 25.2 Å². The minimum Gasteiger partial charge on any atom is -0.457 e. The maximum absolute atomic E-state index is 13.0. The van der Waals surface area contributed by atoms with Crippen molar-refractivity contribution < 1.29 is 27.4 Å². The molecule has 1 saturated heterocycles. The fourth-order valence-electron chi connectivity index (χ4n) is 4.07. The molecule has 1 aromatic heterocycles. The second-order valence-corrected chi connectivity index (χ2v) is 8.77. The Morgan fingerprint density at radius 1 is 0.947 bits per heavy atom. The largest absolute Gasteiger partial charge is 0.457 e. The summed E-state index contributed by atoms with van der Waals surface area (Å²) in [5.74, 6) is 1.78. The molecule has 0 atom stereocenters. The fraction of sp³-hybridized carbons (Fsp3) is 0.192. The van der Waals surface area contributed by atoms with Crippen LogP contribution >= 0.6 is 0 Å². The number of rotatable bonds is 5. The molecule has 38 heavy (non-hydrogen) atoms. The zero-order valence-electron chi connectivity index (χ0n) is 20.4. The molecule has 0 radical (unpaired) electrons. The van der Waals surface area contributed by atoms with E-state index in [1.807, 2.05) is 13.9 Å². The smallest absolute Gasteiger partial charge is 0.416 e. The van der Waals surface area contributed by atoms with Crippen LogP contribution < -0.4 is 25.7 Å². The third-order valence-electron chi connectivity index (χ3n) is 5.83. The fourth-order valence-corrected chi connectivity index (χ4v) is 4.07. The van der Waals surface area contributed by atoms with Crippen molar-refractivity contribution in [3.63, 3.8) is 0 Å². The van der Waals surface area contributed by atoms with Crippen molar-refractivity contribution in [2.45, 2.75) is 6.18 Å². The Hall–Kier alpha value is -4.32. The van der Waals surface area contributed by atoms with E-state index in [-0.39, 0.29) is 5.69 Å². The van der Waals surface area contributed by atoms with E-state index < -0.39 is 17.8 Å². The second kappa shape index (κ2) is 10.6. The highest BCUT2D eigenvalue weighted by molar-refractivity contribution is 6.32. The first kappa shape index (κ1) is 25.3. The first-order chi connectivity index (χ1) is 18.2. The average Bonchev–Trinajstić information content (AvgIpc) is 2.88. The zero-order chi connectivity index (χ0) is 26.7. The number of urea groups is 1. The first-order valence-corrected chi connectivity index (χ1v) is 11.9. The third-order valence-corrected chi connectivity index (χ3v) is 5.83. The van der Waals surface area contributed by atoms with Gasteiger partial charge in [-0.25, -0.2) is 9.78 Å². The first-order valence-electron chi connectivity index (χ1n) is 11.9. The highest BCUT2D eigenvalue weighted by Crippen LogP contribution is 2.31. The summed E-state index contributed by atoms with van der Waals surface area (Å²) in [6.07, 6.45) is -2.76. The zero-order valence-corrected chi connectivity index (χ0v) is 20.4. The lowest BCUT2D eigenvalue weighted by molar-refractivity contribution is -0.137. The SMILES string of the molecule is Bc1cc(NC(=O)Nc2cccc(C(F)(F)F)c2)cc(Oc2ccc3ncc(N4CCOCC4)nc3c2)c1. The molecular formula is C26H23BF3N5O3. The molecule has 0 bridgehead atoms. The van der Waals surface area contributed by atoms with Gasteiger partial charge in [0.15, 0.2) is 0 Å². The molecule has 5 rings (SSSR count). The molecule has 8 nitrogen and oxygen atoms in total. The molecule has 1 fully saturated rings. The van der Waals surface area contributed by atoms with E-state index in [4.69, 9.17) is 14.5 Å². The van der Waals surface area contributed by atoms with Crippen molar-refractivity contribution >= 4 is 47.6 Å². The Labute approximate surface area is 217 Å². The van der Waals surface area contributed by atoms with Gasteiger partial charge in [0.2, 0.25) is 0 Å². The number of hydrogen-bond acceptors (Lipinski definition) is 6. The molecule has 2 amide bonds. The van der Waals surface area contributed by atoms with Crippen LogP contribution in [-0.4, -0.2) is 50.1 Å². The summed E-state index contributed by atoms with van der Waals surface area (Å²) in [6, 6.07) is 14.3. The lowest BCUT2D eigenvalue weighted by atomic mass is 9.95. The number of anilines is 3. The Morgan fingerprint density at radius 3 is 2.53 bits per heavy atom. The predicted octanol–water partition coefficient (Wildman–Crippen LogP) is 4.18. The molecule has 0 spiro atoms. The van der Waals surface area contributed by atoms with Crippen LogP contribution in [0.25, 0.3) is 11.0 Å². The molecular weight excluding hydrogens is 498 g/mol.